The first-order chi connectivity index (χ1) is 8.69. The van der Waals surface area contributed by atoms with E-state index in [9.17, 15) is 0 Å². The number of hydrogen-bond donors (Lipinski definition) is 1. The molecule has 1 fully saturated rings. The van der Waals surface area contributed by atoms with E-state index in [1.807, 2.05) is 17.1 Å². The molecule has 5 nitrogen and oxygen atoms in total. The van der Waals surface area contributed by atoms with E-state index in [-0.39, 0.29) is 12.1 Å². The van der Waals surface area contributed by atoms with Crippen LogP contribution in [0.25, 0.3) is 0 Å². The minimum Gasteiger partial charge on any atom is -0.380 e. The van der Waals surface area contributed by atoms with E-state index >= 15 is 0 Å². The molecule has 0 saturated carbocycles. The van der Waals surface area contributed by atoms with Gasteiger partial charge in [0.15, 0.2) is 0 Å². The summed E-state index contributed by atoms with van der Waals surface area (Å²) >= 11 is 0. The zero-order valence-electron chi connectivity index (χ0n) is 11.4. The summed E-state index contributed by atoms with van der Waals surface area (Å²) in [6.45, 7) is 5.88. The highest BCUT2D eigenvalue weighted by Gasteiger charge is 2.17. The van der Waals surface area contributed by atoms with Crippen molar-refractivity contribution in [3.63, 3.8) is 0 Å². The summed E-state index contributed by atoms with van der Waals surface area (Å²) in [5, 5.41) is 7.74. The third-order valence-corrected chi connectivity index (χ3v) is 3.52. The number of anilines is 1. The molecule has 0 spiro atoms. The second-order valence-corrected chi connectivity index (χ2v) is 4.96. The lowest BCUT2D eigenvalue weighted by atomic mass is 10.2. The Hall–Kier alpha value is -1.07. The number of hydrogen-bond acceptors (Lipinski definition) is 4. The molecule has 0 amide bonds. The van der Waals surface area contributed by atoms with Crippen LogP contribution in [0.4, 0.5) is 5.69 Å². The first kappa shape index (κ1) is 13.4. The molecule has 102 valence electrons. The number of rotatable bonds is 6. The molecule has 2 heterocycles. The topological polar surface area (TPSA) is 48.3 Å². The van der Waals surface area contributed by atoms with E-state index in [4.69, 9.17) is 9.47 Å². The van der Waals surface area contributed by atoms with Gasteiger partial charge in [-0.15, -0.1) is 0 Å². The molecule has 1 aromatic rings. The molecular weight excluding hydrogens is 230 g/mol. The lowest BCUT2D eigenvalue weighted by Crippen LogP contribution is -2.29. The molecule has 18 heavy (non-hydrogen) atoms. The maximum absolute atomic E-state index is 5.60. The van der Waals surface area contributed by atoms with Crippen LogP contribution in [0.1, 0.15) is 26.7 Å². The summed E-state index contributed by atoms with van der Waals surface area (Å²) in [5.74, 6) is 0. The van der Waals surface area contributed by atoms with Gasteiger partial charge in [0.2, 0.25) is 0 Å². The predicted octanol–water partition coefficient (Wildman–Crippen LogP) is 1.90. The molecule has 3 atom stereocenters. The zero-order valence-corrected chi connectivity index (χ0v) is 11.4. The van der Waals surface area contributed by atoms with Crippen molar-refractivity contribution >= 4 is 5.69 Å². The first-order valence-corrected chi connectivity index (χ1v) is 6.62. The molecule has 1 aromatic heterocycles. The number of aromatic nitrogens is 2. The first-order valence-electron chi connectivity index (χ1n) is 6.62. The van der Waals surface area contributed by atoms with Crippen LogP contribution in [0.15, 0.2) is 12.4 Å². The fourth-order valence-corrected chi connectivity index (χ4v) is 2.12. The Bertz CT molecular complexity index is 361. The fourth-order valence-electron chi connectivity index (χ4n) is 2.12. The standard InChI is InChI=1S/C13H23N3O2/c1-10(11(2)17-3)15-12-7-14-16(8-12)9-13-5-4-6-18-13/h7-8,10-11,13,15H,4-6,9H2,1-3H3. The highest BCUT2D eigenvalue weighted by Crippen LogP contribution is 2.15. The smallest absolute Gasteiger partial charge is 0.0771 e. The Morgan fingerprint density at radius 2 is 2.44 bits per heavy atom. The van der Waals surface area contributed by atoms with E-state index in [1.165, 1.54) is 6.42 Å². The molecule has 1 saturated heterocycles. The lowest BCUT2D eigenvalue weighted by Gasteiger charge is -2.19. The van der Waals surface area contributed by atoms with E-state index < -0.39 is 0 Å². The molecule has 0 bridgehead atoms. The highest BCUT2D eigenvalue weighted by molar-refractivity contribution is 5.39. The summed E-state index contributed by atoms with van der Waals surface area (Å²) < 4.78 is 12.8. The SMILES string of the molecule is COC(C)C(C)Nc1cnn(CC2CCCO2)c1. The fraction of sp³-hybridized carbons (Fsp3) is 0.769. The highest BCUT2D eigenvalue weighted by atomic mass is 16.5. The van der Waals surface area contributed by atoms with Gasteiger partial charge in [-0.1, -0.05) is 0 Å². The Morgan fingerprint density at radius 1 is 1.61 bits per heavy atom. The van der Waals surface area contributed by atoms with Gasteiger partial charge in [-0.25, -0.2) is 0 Å². The average molecular weight is 253 g/mol. The van der Waals surface area contributed by atoms with Crippen molar-refractivity contribution in [3.05, 3.63) is 12.4 Å². The monoisotopic (exact) mass is 253 g/mol. The lowest BCUT2D eigenvalue weighted by molar-refractivity contribution is 0.0940. The van der Waals surface area contributed by atoms with Gasteiger partial charge < -0.3 is 14.8 Å². The van der Waals surface area contributed by atoms with Crippen molar-refractivity contribution < 1.29 is 9.47 Å². The van der Waals surface area contributed by atoms with Gasteiger partial charge in [0.25, 0.3) is 0 Å². The Morgan fingerprint density at radius 3 is 3.11 bits per heavy atom. The maximum Gasteiger partial charge on any atom is 0.0771 e. The van der Waals surface area contributed by atoms with Gasteiger partial charge in [0, 0.05) is 26.0 Å². The minimum absolute atomic E-state index is 0.173. The van der Waals surface area contributed by atoms with Crippen LogP contribution in [0.2, 0.25) is 0 Å². The number of nitrogens with zero attached hydrogens (tertiary/aromatic N) is 2. The molecule has 0 aromatic carbocycles. The summed E-state index contributed by atoms with van der Waals surface area (Å²) in [6, 6.07) is 0.260. The molecule has 1 aliphatic heterocycles. The van der Waals surface area contributed by atoms with Crippen LogP contribution in [-0.4, -0.2) is 41.7 Å². The average Bonchev–Trinajstić information content (AvgIpc) is 3.01. The van der Waals surface area contributed by atoms with Crippen molar-refractivity contribution in [1.29, 1.82) is 0 Å². The second-order valence-electron chi connectivity index (χ2n) is 4.96. The summed E-state index contributed by atoms with van der Waals surface area (Å²) in [7, 11) is 1.73. The van der Waals surface area contributed by atoms with E-state index in [1.54, 1.807) is 7.11 Å². The van der Waals surface area contributed by atoms with Crippen LogP contribution in [0.3, 0.4) is 0 Å². The van der Waals surface area contributed by atoms with Crippen LogP contribution in [0.5, 0.6) is 0 Å². The minimum atomic E-state index is 0.173. The van der Waals surface area contributed by atoms with Crippen molar-refractivity contribution in [2.24, 2.45) is 0 Å². The van der Waals surface area contributed by atoms with Gasteiger partial charge in [-0.3, -0.25) is 4.68 Å². The van der Waals surface area contributed by atoms with Crippen LogP contribution in [-0.2, 0) is 16.0 Å². The molecule has 0 aliphatic carbocycles. The number of ether oxygens (including phenoxy) is 2. The van der Waals surface area contributed by atoms with E-state index in [2.05, 4.69) is 24.3 Å². The van der Waals surface area contributed by atoms with Crippen molar-refractivity contribution in [1.82, 2.24) is 9.78 Å². The normalized spacial score (nSPS) is 22.9. The Kier molecular flexibility index (Phi) is 4.60. The van der Waals surface area contributed by atoms with Gasteiger partial charge in [0.05, 0.1) is 30.6 Å². The molecule has 2 rings (SSSR count). The quantitative estimate of drug-likeness (QED) is 0.841. The summed E-state index contributed by atoms with van der Waals surface area (Å²) in [4.78, 5) is 0. The Labute approximate surface area is 108 Å². The second kappa shape index (κ2) is 6.20. The summed E-state index contributed by atoms with van der Waals surface area (Å²) in [5.41, 5.74) is 1.03. The van der Waals surface area contributed by atoms with Gasteiger partial charge in [-0.05, 0) is 26.7 Å². The molecule has 0 radical (unpaired) electrons. The van der Waals surface area contributed by atoms with Crippen molar-refractivity contribution in [3.8, 4) is 0 Å². The number of methoxy groups -OCH3 is 1. The zero-order chi connectivity index (χ0) is 13.0. The van der Waals surface area contributed by atoms with Gasteiger partial charge in [-0.2, -0.15) is 5.10 Å². The van der Waals surface area contributed by atoms with Crippen molar-refractivity contribution in [2.75, 3.05) is 19.0 Å². The Balaban J connectivity index is 1.85. The molecule has 1 aliphatic rings. The van der Waals surface area contributed by atoms with Gasteiger partial charge in [0.1, 0.15) is 0 Å². The predicted molar refractivity (Wildman–Crippen MR) is 70.8 cm³/mol. The largest absolute Gasteiger partial charge is 0.380 e. The number of nitrogens with one attached hydrogen (secondary N) is 1. The van der Waals surface area contributed by atoms with E-state index in [0.29, 0.717) is 6.10 Å². The molecule has 3 unspecified atom stereocenters. The molecular formula is C13H23N3O2. The van der Waals surface area contributed by atoms with Gasteiger partial charge >= 0.3 is 0 Å². The van der Waals surface area contributed by atoms with Crippen LogP contribution in [0, 0.1) is 0 Å². The van der Waals surface area contributed by atoms with Crippen LogP contribution < -0.4 is 5.32 Å². The van der Waals surface area contributed by atoms with E-state index in [0.717, 1.165) is 25.3 Å². The molecule has 1 N–H and O–H groups in total. The summed E-state index contributed by atoms with van der Waals surface area (Å²) in [6.07, 6.45) is 6.69. The van der Waals surface area contributed by atoms with Crippen LogP contribution >= 0.6 is 0 Å². The third-order valence-electron chi connectivity index (χ3n) is 3.52. The molecule has 5 heteroatoms. The third kappa shape index (κ3) is 3.46. The maximum atomic E-state index is 5.60. The van der Waals surface area contributed by atoms with Crippen molar-refractivity contribution in [2.45, 2.75) is 51.5 Å².